The van der Waals surface area contributed by atoms with Gasteiger partial charge in [0.2, 0.25) is 0 Å². The Morgan fingerprint density at radius 2 is 1.83 bits per heavy atom. The fourth-order valence-electron chi connectivity index (χ4n) is 2.50. The monoisotopic (exact) mass is 348 g/mol. The van der Waals surface area contributed by atoms with E-state index in [1.165, 1.54) is 12.1 Å². The zero-order valence-electron chi connectivity index (χ0n) is 13.6. The van der Waals surface area contributed by atoms with E-state index in [2.05, 4.69) is 12.2 Å². The number of hydrogen-bond acceptors (Lipinski definition) is 5. The average molecular weight is 348 g/mol. The number of hydrogen-bond donors (Lipinski definition) is 1. The van der Waals surface area contributed by atoms with Gasteiger partial charge in [0.25, 0.3) is 5.69 Å². The summed E-state index contributed by atoms with van der Waals surface area (Å²) in [5.41, 5.74) is 1.24. The predicted molar refractivity (Wildman–Crippen MR) is 94.2 cm³/mol. The minimum atomic E-state index is -3.49. The van der Waals surface area contributed by atoms with Crippen molar-refractivity contribution in [2.45, 2.75) is 24.2 Å². The minimum Gasteiger partial charge on any atom is -0.379 e. The maximum absolute atomic E-state index is 11.6. The molecule has 1 N–H and O–H groups in total. The number of rotatable bonds is 7. The second-order valence-electron chi connectivity index (χ2n) is 5.60. The standard InChI is InChI=1S/C17H20N2O4S/c1-3-13(14-7-5-4-6-8-14)12-18-16-10-9-15(24(2,22)23)11-17(16)19(20)21/h4-11,13,18H,3,12H2,1-2H3. The van der Waals surface area contributed by atoms with Gasteiger partial charge in [-0.25, -0.2) is 8.42 Å². The minimum absolute atomic E-state index is 0.0603. The summed E-state index contributed by atoms with van der Waals surface area (Å²) in [6, 6.07) is 13.8. The SMILES string of the molecule is CCC(CNc1ccc(S(C)(=O)=O)cc1[N+](=O)[O-])c1ccccc1. The zero-order chi connectivity index (χ0) is 17.7. The van der Waals surface area contributed by atoms with Gasteiger partial charge in [0.05, 0.1) is 9.82 Å². The molecule has 0 amide bonds. The molecule has 0 heterocycles. The zero-order valence-corrected chi connectivity index (χ0v) is 14.4. The van der Waals surface area contributed by atoms with Crippen molar-refractivity contribution in [2.24, 2.45) is 0 Å². The van der Waals surface area contributed by atoms with Crippen LogP contribution in [0.25, 0.3) is 0 Å². The van der Waals surface area contributed by atoms with E-state index in [9.17, 15) is 18.5 Å². The summed E-state index contributed by atoms with van der Waals surface area (Å²) < 4.78 is 23.1. The summed E-state index contributed by atoms with van der Waals surface area (Å²) in [6.45, 7) is 2.58. The lowest BCUT2D eigenvalue weighted by atomic mass is 9.96. The molecule has 2 rings (SSSR count). The molecule has 0 saturated heterocycles. The van der Waals surface area contributed by atoms with Gasteiger partial charge >= 0.3 is 0 Å². The van der Waals surface area contributed by atoms with Crippen molar-refractivity contribution in [1.29, 1.82) is 0 Å². The van der Waals surface area contributed by atoms with Crippen LogP contribution in [0.15, 0.2) is 53.4 Å². The van der Waals surface area contributed by atoms with Crippen molar-refractivity contribution >= 4 is 21.2 Å². The van der Waals surface area contributed by atoms with E-state index < -0.39 is 14.8 Å². The number of nitrogens with zero attached hydrogens (tertiary/aromatic N) is 1. The number of sulfone groups is 1. The van der Waals surface area contributed by atoms with Gasteiger partial charge in [-0.1, -0.05) is 37.3 Å². The van der Waals surface area contributed by atoms with Crippen LogP contribution >= 0.6 is 0 Å². The number of anilines is 1. The van der Waals surface area contributed by atoms with Crippen LogP contribution in [0.4, 0.5) is 11.4 Å². The number of benzene rings is 2. The lowest BCUT2D eigenvalue weighted by Gasteiger charge is -2.17. The van der Waals surface area contributed by atoms with Gasteiger partial charge in [-0.05, 0) is 24.1 Å². The number of nitro groups is 1. The lowest BCUT2D eigenvalue weighted by Crippen LogP contribution is -2.13. The van der Waals surface area contributed by atoms with Crippen molar-refractivity contribution in [3.63, 3.8) is 0 Å². The van der Waals surface area contributed by atoms with Crippen molar-refractivity contribution in [3.05, 3.63) is 64.2 Å². The third-order valence-electron chi connectivity index (χ3n) is 3.90. The maximum Gasteiger partial charge on any atom is 0.293 e. The molecule has 1 unspecified atom stereocenters. The largest absolute Gasteiger partial charge is 0.379 e. The fourth-order valence-corrected chi connectivity index (χ4v) is 3.14. The molecule has 6 nitrogen and oxygen atoms in total. The molecule has 128 valence electrons. The molecule has 24 heavy (non-hydrogen) atoms. The Morgan fingerprint density at radius 3 is 2.38 bits per heavy atom. The second-order valence-corrected chi connectivity index (χ2v) is 7.62. The van der Waals surface area contributed by atoms with E-state index in [-0.39, 0.29) is 16.5 Å². The topological polar surface area (TPSA) is 89.3 Å². The Kier molecular flexibility index (Phi) is 5.56. The molecular formula is C17H20N2O4S. The molecule has 0 radical (unpaired) electrons. The van der Waals surface area contributed by atoms with E-state index in [1.54, 1.807) is 0 Å². The molecule has 0 fully saturated rings. The quantitative estimate of drug-likeness (QED) is 0.610. The van der Waals surface area contributed by atoms with Crippen molar-refractivity contribution in [2.75, 3.05) is 18.1 Å². The number of nitrogens with one attached hydrogen (secondary N) is 1. The summed E-state index contributed by atoms with van der Waals surface area (Å²) in [5.74, 6) is 0.209. The van der Waals surface area contributed by atoms with Crippen LogP contribution < -0.4 is 5.32 Å². The third kappa shape index (κ3) is 4.32. The molecule has 1 atom stereocenters. The first-order valence-electron chi connectivity index (χ1n) is 7.60. The summed E-state index contributed by atoms with van der Waals surface area (Å²) in [5, 5.41) is 14.3. The van der Waals surface area contributed by atoms with Crippen molar-refractivity contribution < 1.29 is 13.3 Å². The fraction of sp³-hybridized carbons (Fsp3) is 0.294. The Morgan fingerprint density at radius 1 is 1.17 bits per heavy atom. The highest BCUT2D eigenvalue weighted by molar-refractivity contribution is 7.90. The highest BCUT2D eigenvalue weighted by Crippen LogP contribution is 2.29. The van der Waals surface area contributed by atoms with Gasteiger partial charge in [-0.2, -0.15) is 0 Å². The summed E-state index contributed by atoms with van der Waals surface area (Å²) in [6.07, 6.45) is 1.91. The van der Waals surface area contributed by atoms with Gasteiger partial charge in [0, 0.05) is 24.8 Å². The van der Waals surface area contributed by atoms with Gasteiger partial charge in [-0.3, -0.25) is 10.1 Å². The maximum atomic E-state index is 11.6. The van der Waals surface area contributed by atoms with Crippen LogP contribution in [0, 0.1) is 10.1 Å². The van der Waals surface area contributed by atoms with Crippen LogP contribution in [0.3, 0.4) is 0 Å². The van der Waals surface area contributed by atoms with Crippen LogP contribution in [0.5, 0.6) is 0 Å². The first kappa shape index (κ1) is 17.9. The van der Waals surface area contributed by atoms with E-state index in [0.717, 1.165) is 24.3 Å². The van der Waals surface area contributed by atoms with Crippen LogP contribution in [-0.4, -0.2) is 26.1 Å². The lowest BCUT2D eigenvalue weighted by molar-refractivity contribution is -0.384. The molecule has 7 heteroatoms. The van der Waals surface area contributed by atoms with Gasteiger partial charge < -0.3 is 5.32 Å². The summed E-state index contributed by atoms with van der Waals surface area (Å²) >= 11 is 0. The predicted octanol–water partition coefficient (Wildman–Crippen LogP) is 3.60. The third-order valence-corrected chi connectivity index (χ3v) is 5.01. The highest BCUT2D eigenvalue weighted by atomic mass is 32.2. The molecule has 0 aromatic heterocycles. The Bertz CT molecular complexity index is 820. The average Bonchev–Trinajstić information content (AvgIpc) is 2.55. The smallest absolute Gasteiger partial charge is 0.293 e. The van der Waals surface area contributed by atoms with Crippen molar-refractivity contribution in [1.82, 2.24) is 0 Å². The molecular weight excluding hydrogens is 328 g/mol. The molecule has 2 aromatic rings. The van der Waals surface area contributed by atoms with E-state index in [1.807, 2.05) is 30.3 Å². The molecule has 2 aromatic carbocycles. The Labute approximate surface area is 141 Å². The number of nitro benzene ring substituents is 1. The Balaban J connectivity index is 2.24. The van der Waals surface area contributed by atoms with Crippen molar-refractivity contribution in [3.8, 4) is 0 Å². The van der Waals surface area contributed by atoms with Gasteiger partial charge in [-0.15, -0.1) is 0 Å². The molecule has 0 spiro atoms. The highest BCUT2D eigenvalue weighted by Gasteiger charge is 2.19. The van der Waals surface area contributed by atoms with Crippen LogP contribution in [-0.2, 0) is 9.84 Å². The van der Waals surface area contributed by atoms with Gasteiger partial charge in [0.1, 0.15) is 5.69 Å². The molecule has 0 aliphatic rings. The Hall–Kier alpha value is -2.41. The van der Waals surface area contributed by atoms with Crippen LogP contribution in [0.2, 0.25) is 0 Å². The first-order chi connectivity index (χ1) is 11.3. The summed E-state index contributed by atoms with van der Waals surface area (Å²) in [7, 11) is -3.49. The molecule has 0 aliphatic carbocycles. The van der Waals surface area contributed by atoms with E-state index in [0.29, 0.717) is 12.2 Å². The van der Waals surface area contributed by atoms with E-state index in [4.69, 9.17) is 0 Å². The van der Waals surface area contributed by atoms with Gasteiger partial charge in [0.15, 0.2) is 9.84 Å². The van der Waals surface area contributed by atoms with Crippen LogP contribution in [0.1, 0.15) is 24.8 Å². The first-order valence-corrected chi connectivity index (χ1v) is 9.49. The molecule has 0 bridgehead atoms. The normalized spacial score (nSPS) is 12.6. The summed E-state index contributed by atoms with van der Waals surface area (Å²) in [4.78, 5) is 10.6. The van der Waals surface area contributed by atoms with E-state index >= 15 is 0 Å². The second kappa shape index (κ2) is 7.44. The molecule has 0 saturated carbocycles. The molecule has 0 aliphatic heterocycles.